The number of ether oxygens (including phenoxy) is 1. The Kier molecular flexibility index (Phi) is 8.25. The SMILES string of the molecule is COC(=O)[C@H](Cc1ccc(-c2ccc(F)c(Cl)c2)cc1)NC(=O)c1cc(-c2cccc(NO)c2)ccc1O. The van der Waals surface area contributed by atoms with Crippen LogP contribution in [0.3, 0.4) is 0 Å². The summed E-state index contributed by atoms with van der Waals surface area (Å²) in [7, 11) is 1.23. The first-order chi connectivity index (χ1) is 18.3. The molecule has 0 aliphatic carbocycles. The molecule has 0 unspecified atom stereocenters. The summed E-state index contributed by atoms with van der Waals surface area (Å²) in [6, 6.07) is 22.0. The lowest BCUT2D eigenvalue weighted by Crippen LogP contribution is -2.43. The summed E-state index contributed by atoms with van der Waals surface area (Å²) < 4.78 is 18.4. The quantitative estimate of drug-likeness (QED) is 0.167. The summed E-state index contributed by atoms with van der Waals surface area (Å²) in [4.78, 5) is 25.6. The van der Waals surface area contributed by atoms with E-state index in [1.807, 2.05) is 0 Å². The zero-order valence-electron chi connectivity index (χ0n) is 20.2. The lowest BCUT2D eigenvalue weighted by atomic mass is 9.99. The maximum absolute atomic E-state index is 13.5. The molecule has 0 bridgehead atoms. The molecule has 0 spiro atoms. The molecular weight excluding hydrogens is 511 g/mol. The summed E-state index contributed by atoms with van der Waals surface area (Å²) >= 11 is 5.89. The number of amides is 1. The second kappa shape index (κ2) is 11.8. The first-order valence-corrected chi connectivity index (χ1v) is 11.9. The van der Waals surface area contributed by atoms with E-state index in [1.54, 1.807) is 60.7 Å². The molecular formula is C29H24ClFN2O5. The summed E-state index contributed by atoms with van der Waals surface area (Å²) in [5, 5.41) is 22.2. The smallest absolute Gasteiger partial charge is 0.328 e. The molecule has 4 aromatic carbocycles. The van der Waals surface area contributed by atoms with Gasteiger partial charge in [-0.2, -0.15) is 0 Å². The minimum atomic E-state index is -1.02. The van der Waals surface area contributed by atoms with E-state index in [4.69, 9.17) is 21.5 Å². The van der Waals surface area contributed by atoms with Crippen molar-refractivity contribution in [2.75, 3.05) is 12.6 Å². The molecule has 38 heavy (non-hydrogen) atoms. The number of esters is 1. The summed E-state index contributed by atoms with van der Waals surface area (Å²) in [5.41, 5.74) is 6.10. The van der Waals surface area contributed by atoms with Crippen LogP contribution in [0.5, 0.6) is 5.75 Å². The maximum atomic E-state index is 13.5. The molecule has 0 aliphatic rings. The highest BCUT2D eigenvalue weighted by atomic mass is 35.5. The largest absolute Gasteiger partial charge is 0.507 e. The molecule has 1 amide bonds. The van der Waals surface area contributed by atoms with E-state index in [1.165, 1.54) is 31.4 Å². The Labute approximate surface area is 223 Å². The van der Waals surface area contributed by atoms with Crippen LogP contribution in [0.1, 0.15) is 15.9 Å². The number of anilines is 1. The standard InChI is InChI=1S/C29H24ClFN2O5/c1-38-29(36)26(13-17-5-7-18(8-6-17)21-9-11-25(31)24(30)16-21)32-28(35)23-15-20(10-12-27(23)34)19-3-2-4-22(14-19)33-37/h2-12,14-16,26,33-34,37H,13H2,1H3,(H,32,35)/t26-/m0/s1. The highest BCUT2D eigenvalue weighted by Crippen LogP contribution is 2.28. The number of hydrogen-bond donors (Lipinski definition) is 4. The topological polar surface area (TPSA) is 108 Å². The third-order valence-corrected chi connectivity index (χ3v) is 6.29. The molecule has 4 rings (SSSR count). The zero-order valence-corrected chi connectivity index (χ0v) is 21.0. The van der Waals surface area contributed by atoms with E-state index in [-0.39, 0.29) is 22.8 Å². The summed E-state index contributed by atoms with van der Waals surface area (Å²) in [6.07, 6.45) is 0.132. The minimum Gasteiger partial charge on any atom is -0.507 e. The Morgan fingerprint density at radius 2 is 1.58 bits per heavy atom. The van der Waals surface area contributed by atoms with Gasteiger partial charge in [-0.3, -0.25) is 15.5 Å². The first kappa shape index (κ1) is 26.7. The van der Waals surface area contributed by atoms with Crippen molar-refractivity contribution in [1.29, 1.82) is 0 Å². The number of nitrogens with one attached hydrogen (secondary N) is 2. The lowest BCUT2D eigenvalue weighted by molar-refractivity contribution is -0.142. The van der Waals surface area contributed by atoms with Crippen LogP contribution in [0.25, 0.3) is 22.3 Å². The van der Waals surface area contributed by atoms with Crippen LogP contribution in [0, 0.1) is 5.82 Å². The number of benzene rings is 4. The Balaban J connectivity index is 1.53. The van der Waals surface area contributed by atoms with Crippen molar-refractivity contribution in [3.63, 3.8) is 0 Å². The monoisotopic (exact) mass is 534 g/mol. The van der Waals surface area contributed by atoms with Gasteiger partial charge in [0.2, 0.25) is 0 Å². The fraction of sp³-hybridized carbons (Fsp3) is 0.103. The number of halogens is 2. The second-order valence-electron chi connectivity index (χ2n) is 8.50. The lowest BCUT2D eigenvalue weighted by Gasteiger charge is -2.18. The number of carbonyl (C=O) groups is 2. The van der Waals surface area contributed by atoms with Crippen LogP contribution >= 0.6 is 11.6 Å². The molecule has 0 saturated carbocycles. The Morgan fingerprint density at radius 3 is 2.26 bits per heavy atom. The Morgan fingerprint density at radius 1 is 0.921 bits per heavy atom. The number of carbonyl (C=O) groups excluding carboxylic acids is 2. The molecule has 1 atom stereocenters. The molecule has 4 N–H and O–H groups in total. The molecule has 0 aliphatic heterocycles. The fourth-order valence-corrected chi connectivity index (χ4v) is 4.16. The van der Waals surface area contributed by atoms with Gasteiger partial charge < -0.3 is 15.2 Å². The third kappa shape index (κ3) is 6.11. The molecule has 9 heteroatoms. The van der Waals surface area contributed by atoms with Crippen molar-refractivity contribution in [2.24, 2.45) is 0 Å². The number of phenolic OH excluding ortho intramolecular Hbond substituents is 1. The van der Waals surface area contributed by atoms with Gasteiger partial charge in [-0.15, -0.1) is 0 Å². The molecule has 194 valence electrons. The van der Waals surface area contributed by atoms with E-state index in [9.17, 15) is 19.1 Å². The predicted molar refractivity (Wildman–Crippen MR) is 143 cm³/mol. The van der Waals surface area contributed by atoms with E-state index in [0.717, 1.165) is 16.7 Å². The number of methoxy groups -OCH3 is 1. The number of hydrogen-bond acceptors (Lipinski definition) is 6. The van der Waals surface area contributed by atoms with Gasteiger partial charge in [0.15, 0.2) is 0 Å². The zero-order chi connectivity index (χ0) is 27.2. The predicted octanol–water partition coefficient (Wildman–Crippen LogP) is 5.83. The van der Waals surface area contributed by atoms with Gasteiger partial charge >= 0.3 is 5.97 Å². The summed E-state index contributed by atoms with van der Waals surface area (Å²) in [6.45, 7) is 0. The van der Waals surface area contributed by atoms with Crippen molar-refractivity contribution in [2.45, 2.75) is 12.5 Å². The van der Waals surface area contributed by atoms with Crippen LogP contribution in [0.2, 0.25) is 5.02 Å². The van der Waals surface area contributed by atoms with Crippen molar-refractivity contribution in [3.05, 3.63) is 107 Å². The van der Waals surface area contributed by atoms with Crippen molar-refractivity contribution < 1.29 is 29.0 Å². The van der Waals surface area contributed by atoms with Gasteiger partial charge in [0.05, 0.1) is 23.4 Å². The van der Waals surface area contributed by atoms with Gasteiger partial charge in [0.1, 0.15) is 17.6 Å². The van der Waals surface area contributed by atoms with Gasteiger partial charge in [0.25, 0.3) is 5.91 Å². The van der Waals surface area contributed by atoms with E-state index in [2.05, 4.69) is 10.8 Å². The van der Waals surface area contributed by atoms with Crippen LogP contribution in [0.4, 0.5) is 10.1 Å². The molecule has 0 fully saturated rings. The maximum Gasteiger partial charge on any atom is 0.328 e. The van der Waals surface area contributed by atoms with E-state index >= 15 is 0 Å². The van der Waals surface area contributed by atoms with Crippen molar-refractivity contribution in [1.82, 2.24) is 5.32 Å². The second-order valence-corrected chi connectivity index (χ2v) is 8.91. The van der Waals surface area contributed by atoms with Gasteiger partial charge in [0, 0.05) is 6.42 Å². The molecule has 0 heterocycles. The number of rotatable bonds is 8. The Hall–Kier alpha value is -4.40. The molecule has 4 aromatic rings. The molecule has 0 saturated heterocycles. The number of phenols is 1. The minimum absolute atomic E-state index is 0.0186. The number of aromatic hydroxyl groups is 1. The van der Waals surface area contributed by atoms with Gasteiger partial charge in [-0.1, -0.05) is 60.1 Å². The third-order valence-electron chi connectivity index (χ3n) is 6.00. The highest BCUT2D eigenvalue weighted by Gasteiger charge is 2.24. The fourth-order valence-electron chi connectivity index (χ4n) is 3.98. The Bertz CT molecular complexity index is 1480. The van der Waals surface area contributed by atoms with Crippen LogP contribution in [0.15, 0.2) is 84.9 Å². The molecule has 0 aromatic heterocycles. The average Bonchev–Trinajstić information content (AvgIpc) is 2.94. The van der Waals surface area contributed by atoms with Crippen LogP contribution < -0.4 is 10.8 Å². The van der Waals surface area contributed by atoms with Gasteiger partial charge in [-0.05, 0) is 64.2 Å². The van der Waals surface area contributed by atoms with Crippen molar-refractivity contribution >= 4 is 29.2 Å². The summed E-state index contributed by atoms with van der Waals surface area (Å²) in [5.74, 6) is -2.07. The van der Waals surface area contributed by atoms with Crippen LogP contribution in [-0.2, 0) is 16.0 Å². The first-order valence-electron chi connectivity index (χ1n) is 11.6. The normalized spacial score (nSPS) is 11.5. The van der Waals surface area contributed by atoms with Crippen LogP contribution in [-0.4, -0.2) is 35.3 Å². The van der Waals surface area contributed by atoms with E-state index in [0.29, 0.717) is 16.8 Å². The van der Waals surface area contributed by atoms with Crippen molar-refractivity contribution in [3.8, 4) is 28.0 Å². The average molecular weight is 535 g/mol. The van der Waals surface area contributed by atoms with E-state index < -0.39 is 23.7 Å². The highest BCUT2D eigenvalue weighted by molar-refractivity contribution is 6.31. The molecule has 7 nitrogen and oxygen atoms in total. The van der Waals surface area contributed by atoms with Gasteiger partial charge in [-0.25, -0.2) is 9.18 Å². The molecule has 0 radical (unpaired) electrons.